The Kier molecular flexibility index (Phi) is 8.21. The Morgan fingerprint density at radius 2 is 1.84 bits per heavy atom. The highest BCUT2D eigenvalue weighted by Crippen LogP contribution is 2.14. The number of nitrogens with one attached hydrogen (secondary N) is 2. The molecule has 1 rings (SSSR count). The van der Waals surface area contributed by atoms with E-state index in [9.17, 15) is 9.59 Å². The number of carbonyl (C=O) groups excluding carboxylic acids is 2. The fraction of sp³-hybridized carbons (Fsp3) is 0.857. The van der Waals surface area contributed by atoms with Gasteiger partial charge in [0.2, 0.25) is 11.8 Å². The fourth-order valence-corrected chi connectivity index (χ4v) is 2.10. The van der Waals surface area contributed by atoms with Crippen molar-refractivity contribution < 1.29 is 14.3 Å². The first-order valence-electron chi connectivity index (χ1n) is 7.37. The maximum atomic E-state index is 11.5. The number of carbonyl (C=O) groups is 2. The molecule has 5 heteroatoms. The van der Waals surface area contributed by atoms with Crippen LogP contribution in [0.3, 0.4) is 0 Å². The first-order chi connectivity index (χ1) is 9.22. The molecular weight excluding hydrogens is 244 g/mol. The van der Waals surface area contributed by atoms with Crippen molar-refractivity contribution in [2.24, 2.45) is 0 Å². The molecule has 1 aliphatic heterocycles. The molecule has 1 aliphatic rings. The Morgan fingerprint density at radius 3 is 2.42 bits per heavy atom. The summed E-state index contributed by atoms with van der Waals surface area (Å²) in [5, 5.41) is 5.67. The van der Waals surface area contributed by atoms with Crippen LogP contribution in [0.5, 0.6) is 0 Å². The molecule has 1 saturated heterocycles. The lowest BCUT2D eigenvalue weighted by Crippen LogP contribution is -2.28. The normalized spacial score (nSPS) is 18.3. The summed E-state index contributed by atoms with van der Waals surface area (Å²) in [7, 11) is 0. The van der Waals surface area contributed by atoms with Gasteiger partial charge in [0.05, 0.1) is 6.10 Å². The molecule has 0 bridgehead atoms. The van der Waals surface area contributed by atoms with E-state index in [1.807, 2.05) is 6.92 Å². The van der Waals surface area contributed by atoms with Crippen LogP contribution in [0.4, 0.5) is 0 Å². The highest BCUT2D eigenvalue weighted by atomic mass is 16.5. The average molecular weight is 270 g/mol. The van der Waals surface area contributed by atoms with Gasteiger partial charge in [-0.25, -0.2) is 0 Å². The first kappa shape index (κ1) is 16.0. The summed E-state index contributed by atoms with van der Waals surface area (Å²) in [6.07, 6.45) is 5.85. The number of hydrogen-bond donors (Lipinski definition) is 2. The Bertz CT molecular complexity index is 276. The van der Waals surface area contributed by atoms with E-state index < -0.39 is 0 Å². The standard InChI is InChI=1S/C14H26N2O3/c1-2-9-15-13(17)6-3-7-14(18)16-10-8-12-5-4-11-19-12/h12H,2-11H2,1H3,(H,15,17)(H,16,18)/t12-/m0/s1. The zero-order chi connectivity index (χ0) is 13.9. The molecule has 2 amide bonds. The minimum absolute atomic E-state index is 0.0290. The van der Waals surface area contributed by atoms with Crippen LogP contribution in [0, 0.1) is 0 Å². The second-order valence-electron chi connectivity index (χ2n) is 4.98. The van der Waals surface area contributed by atoms with Crippen molar-refractivity contribution in [1.29, 1.82) is 0 Å². The van der Waals surface area contributed by atoms with E-state index in [0.29, 0.717) is 38.5 Å². The lowest BCUT2D eigenvalue weighted by molar-refractivity contribution is -0.122. The molecule has 5 nitrogen and oxygen atoms in total. The number of amides is 2. The summed E-state index contributed by atoms with van der Waals surface area (Å²) in [6, 6.07) is 0. The average Bonchev–Trinajstić information content (AvgIpc) is 2.89. The molecule has 0 spiro atoms. The molecule has 1 fully saturated rings. The van der Waals surface area contributed by atoms with E-state index >= 15 is 0 Å². The maximum absolute atomic E-state index is 11.5. The molecule has 1 atom stereocenters. The van der Waals surface area contributed by atoms with E-state index in [1.165, 1.54) is 0 Å². The predicted molar refractivity (Wildman–Crippen MR) is 73.8 cm³/mol. The summed E-state index contributed by atoms with van der Waals surface area (Å²) in [4.78, 5) is 22.8. The van der Waals surface area contributed by atoms with E-state index in [0.717, 1.165) is 32.3 Å². The first-order valence-corrected chi connectivity index (χ1v) is 7.37. The van der Waals surface area contributed by atoms with Gasteiger partial charge in [-0.15, -0.1) is 0 Å². The van der Waals surface area contributed by atoms with Crippen LogP contribution >= 0.6 is 0 Å². The number of hydrogen-bond acceptors (Lipinski definition) is 3. The van der Waals surface area contributed by atoms with Crippen molar-refractivity contribution in [3.63, 3.8) is 0 Å². The van der Waals surface area contributed by atoms with Gasteiger partial charge in [-0.05, 0) is 32.1 Å². The summed E-state index contributed by atoms with van der Waals surface area (Å²) in [5.74, 6) is 0.0651. The minimum atomic E-state index is 0.0290. The topological polar surface area (TPSA) is 67.4 Å². The van der Waals surface area contributed by atoms with Crippen molar-refractivity contribution in [1.82, 2.24) is 10.6 Å². The SMILES string of the molecule is CCCNC(=O)CCCC(=O)NCC[C@@H]1CCCO1. The van der Waals surface area contributed by atoms with Gasteiger partial charge in [0.25, 0.3) is 0 Å². The van der Waals surface area contributed by atoms with Crippen molar-refractivity contribution >= 4 is 11.8 Å². The predicted octanol–water partition coefficient (Wildman–Crippen LogP) is 1.37. The number of rotatable bonds is 9. The molecule has 1 heterocycles. The van der Waals surface area contributed by atoms with Crippen LogP contribution < -0.4 is 10.6 Å². The molecular formula is C14H26N2O3. The zero-order valence-corrected chi connectivity index (χ0v) is 11.9. The molecule has 0 aromatic rings. The van der Waals surface area contributed by atoms with Gasteiger partial charge in [-0.1, -0.05) is 6.92 Å². The van der Waals surface area contributed by atoms with Crippen LogP contribution in [-0.2, 0) is 14.3 Å². The third-order valence-electron chi connectivity index (χ3n) is 3.19. The highest BCUT2D eigenvalue weighted by Gasteiger charge is 2.15. The molecule has 0 aromatic heterocycles. The Morgan fingerprint density at radius 1 is 1.16 bits per heavy atom. The van der Waals surface area contributed by atoms with E-state index in [-0.39, 0.29) is 11.8 Å². The van der Waals surface area contributed by atoms with Crippen molar-refractivity contribution in [2.75, 3.05) is 19.7 Å². The third-order valence-corrected chi connectivity index (χ3v) is 3.19. The lowest BCUT2D eigenvalue weighted by atomic mass is 10.2. The van der Waals surface area contributed by atoms with Crippen LogP contribution in [0.15, 0.2) is 0 Å². The molecule has 110 valence electrons. The van der Waals surface area contributed by atoms with Gasteiger partial charge >= 0.3 is 0 Å². The Hall–Kier alpha value is -1.10. The van der Waals surface area contributed by atoms with Gasteiger partial charge in [0, 0.05) is 32.5 Å². The lowest BCUT2D eigenvalue weighted by Gasteiger charge is -2.10. The fourth-order valence-electron chi connectivity index (χ4n) is 2.10. The van der Waals surface area contributed by atoms with Crippen LogP contribution in [0.25, 0.3) is 0 Å². The Balaban J connectivity index is 1.93. The molecule has 0 unspecified atom stereocenters. The number of ether oxygens (including phenoxy) is 1. The van der Waals surface area contributed by atoms with Crippen LogP contribution in [0.2, 0.25) is 0 Å². The van der Waals surface area contributed by atoms with Crippen LogP contribution in [0.1, 0.15) is 51.9 Å². The highest BCUT2D eigenvalue weighted by molar-refractivity contribution is 5.78. The van der Waals surface area contributed by atoms with Crippen LogP contribution in [-0.4, -0.2) is 37.6 Å². The van der Waals surface area contributed by atoms with E-state index in [2.05, 4.69) is 10.6 Å². The second-order valence-corrected chi connectivity index (χ2v) is 4.98. The molecule has 19 heavy (non-hydrogen) atoms. The molecule has 2 N–H and O–H groups in total. The summed E-state index contributed by atoms with van der Waals surface area (Å²) in [5.41, 5.74) is 0. The van der Waals surface area contributed by atoms with Gasteiger partial charge in [-0.3, -0.25) is 9.59 Å². The molecule has 0 saturated carbocycles. The van der Waals surface area contributed by atoms with E-state index in [1.54, 1.807) is 0 Å². The second kappa shape index (κ2) is 9.78. The third kappa shape index (κ3) is 7.82. The van der Waals surface area contributed by atoms with Gasteiger partial charge in [0.1, 0.15) is 0 Å². The summed E-state index contributed by atoms with van der Waals surface area (Å²) < 4.78 is 5.48. The molecule has 0 aromatic carbocycles. The molecule has 0 radical (unpaired) electrons. The van der Waals surface area contributed by atoms with Gasteiger partial charge in [0.15, 0.2) is 0 Å². The van der Waals surface area contributed by atoms with Crippen molar-refractivity contribution in [3.05, 3.63) is 0 Å². The van der Waals surface area contributed by atoms with Gasteiger partial charge in [-0.2, -0.15) is 0 Å². The monoisotopic (exact) mass is 270 g/mol. The smallest absolute Gasteiger partial charge is 0.220 e. The Labute approximate surface area is 115 Å². The largest absolute Gasteiger partial charge is 0.378 e. The maximum Gasteiger partial charge on any atom is 0.220 e. The quantitative estimate of drug-likeness (QED) is 0.665. The minimum Gasteiger partial charge on any atom is -0.378 e. The van der Waals surface area contributed by atoms with Crippen molar-refractivity contribution in [2.45, 2.75) is 58.0 Å². The summed E-state index contributed by atoms with van der Waals surface area (Å²) >= 11 is 0. The van der Waals surface area contributed by atoms with Gasteiger partial charge < -0.3 is 15.4 Å². The zero-order valence-electron chi connectivity index (χ0n) is 11.9. The summed E-state index contributed by atoms with van der Waals surface area (Å²) in [6.45, 7) is 4.26. The molecule has 0 aliphatic carbocycles. The van der Waals surface area contributed by atoms with Crippen molar-refractivity contribution in [3.8, 4) is 0 Å². The van der Waals surface area contributed by atoms with E-state index in [4.69, 9.17) is 4.74 Å².